The number of nitrogens with zero attached hydrogens (tertiary/aromatic N) is 1. The first-order chi connectivity index (χ1) is 3.55. The Bertz CT molecular complexity index is 53.5. The Morgan fingerprint density at radius 3 is 1.88 bits per heavy atom. The highest BCUT2D eigenvalue weighted by Crippen LogP contribution is 1.95. The summed E-state index contributed by atoms with van der Waals surface area (Å²) in [6.07, 6.45) is -0.574. The van der Waals surface area contributed by atoms with E-state index < -0.39 is 6.23 Å². The normalized spacial score (nSPS) is 15.4. The number of aliphatic hydroxyl groups is 1. The lowest BCUT2D eigenvalue weighted by Gasteiger charge is -2.23. The standard InChI is InChI=1S/C6H14NO/c1-5(2)7(4)6(3)8/h5-6,8H,3H2,1-2,4H3. The summed E-state index contributed by atoms with van der Waals surface area (Å²) in [5.74, 6) is 0. The number of hydrogen-bond acceptors (Lipinski definition) is 2. The number of aliphatic hydroxyl groups excluding tert-OH is 1. The van der Waals surface area contributed by atoms with Crippen LogP contribution in [0.25, 0.3) is 0 Å². The van der Waals surface area contributed by atoms with Crippen LogP contribution in [-0.2, 0) is 0 Å². The summed E-state index contributed by atoms with van der Waals surface area (Å²) in [5.41, 5.74) is 0. The molecule has 0 aliphatic rings. The van der Waals surface area contributed by atoms with Gasteiger partial charge in [0.1, 0.15) is 6.23 Å². The van der Waals surface area contributed by atoms with Crippen molar-refractivity contribution in [3.8, 4) is 0 Å². The Kier molecular flexibility index (Phi) is 3.02. The third-order valence-corrected chi connectivity index (χ3v) is 1.28. The summed E-state index contributed by atoms with van der Waals surface area (Å²) in [6.45, 7) is 7.46. The molecule has 0 aromatic carbocycles. The van der Waals surface area contributed by atoms with Crippen molar-refractivity contribution in [3.63, 3.8) is 0 Å². The average molecular weight is 116 g/mol. The minimum absolute atomic E-state index is 0.363. The molecule has 1 unspecified atom stereocenters. The van der Waals surface area contributed by atoms with Crippen molar-refractivity contribution in [2.24, 2.45) is 0 Å². The zero-order valence-corrected chi connectivity index (χ0v) is 5.76. The van der Waals surface area contributed by atoms with Gasteiger partial charge in [0.25, 0.3) is 0 Å². The summed E-state index contributed by atoms with van der Waals surface area (Å²) < 4.78 is 0. The van der Waals surface area contributed by atoms with E-state index in [1.807, 2.05) is 20.9 Å². The van der Waals surface area contributed by atoms with Crippen LogP contribution in [0.5, 0.6) is 0 Å². The fraction of sp³-hybridized carbons (Fsp3) is 0.833. The topological polar surface area (TPSA) is 23.5 Å². The number of rotatable bonds is 2. The maximum atomic E-state index is 8.81. The van der Waals surface area contributed by atoms with Crippen LogP contribution < -0.4 is 0 Å². The van der Waals surface area contributed by atoms with E-state index in [1.165, 1.54) is 0 Å². The summed E-state index contributed by atoms with van der Waals surface area (Å²) >= 11 is 0. The van der Waals surface area contributed by atoms with E-state index in [0.29, 0.717) is 6.04 Å². The molecule has 0 rings (SSSR count). The minimum atomic E-state index is -0.574. The van der Waals surface area contributed by atoms with E-state index >= 15 is 0 Å². The molecule has 0 aliphatic carbocycles. The molecule has 0 spiro atoms. The molecule has 0 aliphatic heterocycles. The highest BCUT2D eigenvalue weighted by molar-refractivity contribution is 4.61. The van der Waals surface area contributed by atoms with E-state index in [0.717, 1.165) is 0 Å². The predicted octanol–water partition coefficient (Wildman–Crippen LogP) is 0.479. The van der Waals surface area contributed by atoms with Gasteiger partial charge in [-0.25, -0.2) is 0 Å². The van der Waals surface area contributed by atoms with Gasteiger partial charge in [0.15, 0.2) is 0 Å². The van der Waals surface area contributed by atoms with Crippen molar-refractivity contribution in [2.75, 3.05) is 7.05 Å². The molecule has 1 atom stereocenters. The maximum Gasteiger partial charge on any atom is 0.107 e. The van der Waals surface area contributed by atoms with Crippen LogP contribution in [0.1, 0.15) is 13.8 Å². The molecule has 1 N–H and O–H groups in total. The van der Waals surface area contributed by atoms with Crippen LogP contribution in [0.2, 0.25) is 0 Å². The Balaban J connectivity index is 3.46. The van der Waals surface area contributed by atoms with Gasteiger partial charge in [-0.15, -0.1) is 0 Å². The van der Waals surface area contributed by atoms with Crippen molar-refractivity contribution >= 4 is 0 Å². The van der Waals surface area contributed by atoms with Gasteiger partial charge in [-0.2, -0.15) is 0 Å². The first-order valence-corrected chi connectivity index (χ1v) is 2.78. The van der Waals surface area contributed by atoms with Gasteiger partial charge in [-0.1, -0.05) is 0 Å². The second-order valence-electron chi connectivity index (χ2n) is 2.24. The molecule has 0 aromatic rings. The van der Waals surface area contributed by atoms with Crippen molar-refractivity contribution in [1.29, 1.82) is 0 Å². The van der Waals surface area contributed by atoms with Crippen LogP contribution in [0, 0.1) is 6.92 Å². The summed E-state index contributed by atoms with van der Waals surface area (Å²) in [5, 5.41) is 8.81. The molecular weight excluding hydrogens is 102 g/mol. The van der Waals surface area contributed by atoms with Crippen LogP contribution in [0.15, 0.2) is 0 Å². The van der Waals surface area contributed by atoms with Gasteiger partial charge in [-0.3, -0.25) is 4.90 Å². The van der Waals surface area contributed by atoms with Gasteiger partial charge < -0.3 is 5.11 Å². The lowest BCUT2D eigenvalue weighted by atomic mass is 10.3. The molecule has 0 saturated carbocycles. The molecule has 0 amide bonds. The third-order valence-electron chi connectivity index (χ3n) is 1.28. The smallest absolute Gasteiger partial charge is 0.107 e. The Labute approximate surface area is 51.1 Å². The highest BCUT2D eigenvalue weighted by atomic mass is 16.3. The largest absolute Gasteiger partial charge is 0.378 e. The Morgan fingerprint density at radius 1 is 1.50 bits per heavy atom. The lowest BCUT2D eigenvalue weighted by Crippen LogP contribution is -2.34. The molecule has 0 saturated heterocycles. The monoisotopic (exact) mass is 116 g/mol. The first kappa shape index (κ1) is 7.92. The van der Waals surface area contributed by atoms with E-state index in [2.05, 4.69) is 6.92 Å². The third kappa shape index (κ3) is 2.28. The SMILES string of the molecule is [CH2]C(O)N(C)C(C)C. The van der Waals surface area contributed by atoms with E-state index in [1.54, 1.807) is 4.90 Å². The summed E-state index contributed by atoms with van der Waals surface area (Å²) in [4.78, 5) is 1.78. The molecule has 2 heteroatoms. The van der Waals surface area contributed by atoms with Crippen LogP contribution in [0.4, 0.5) is 0 Å². The first-order valence-electron chi connectivity index (χ1n) is 2.78. The Morgan fingerprint density at radius 2 is 1.88 bits per heavy atom. The van der Waals surface area contributed by atoms with E-state index in [-0.39, 0.29) is 0 Å². The van der Waals surface area contributed by atoms with Crippen molar-refractivity contribution < 1.29 is 5.11 Å². The van der Waals surface area contributed by atoms with Crippen LogP contribution in [0.3, 0.4) is 0 Å². The van der Waals surface area contributed by atoms with Gasteiger partial charge in [0.2, 0.25) is 0 Å². The minimum Gasteiger partial charge on any atom is -0.378 e. The molecule has 0 fully saturated rings. The fourth-order valence-corrected chi connectivity index (χ4v) is 0.344. The second-order valence-corrected chi connectivity index (χ2v) is 2.24. The number of hydrogen-bond donors (Lipinski definition) is 1. The molecule has 0 aromatic heterocycles. The lowest BCUT2D eigenvalue weighted by molar-refractivity contribution is 0.0388. The predicted molar refractivity (Wildman–Crippen MR) is 34.3 cm³/mol. The van der Waals surface area contributed by atoms with Gasteiger partial charge in [0, 0.05) is 6.04 Å². The zero-order chi connectivity index (χ0) is 6.73. The molecule has 2 nitrogen and oxygen atoms in total. The van der Waals surface area contributed by atoms with Crippen molar-refractivity contribution in [3.05, 3.63) is 6.92 Å². The molecule has 49 valence electrons. The van der Waals surface area contributed by atoms with E-state index in [4.69, 9.17) is 5.11 Å². The summed E-state index contributed by atoms with van der Waals surface area (Å²) in [7, 11) is 1.84. The average Bonchev–Trinajstić information content (AvgIpc) is 1.64. The Hall–Kier alpha value is -0.0800. The maximum absolute atomic E-state index is 8.81. The van der Waals surface area contributed by atoms with Gasteiger partial charge in [-0.05, 0) is 27.8 Å². The molecule has 0 heterocycles. The fourth-order valence-electron chi connectivity index (χ4n) is 0.344. The van der Waals surface area contributed by atoms with Crippen molar-refractivity contribution in [1.82, 2.24) is 4.90 Å². The van der Waals surface area contributed by atoms with Crippen LogP contribution >= 0.6 is 0 Å². The zero-order valence-electron chi connectivity index (χ0n) is 5.76. The van der Waals surface area contributed by atoms with E-state index in [9.17, 15) is 0 Å². The second kappa shape index (κ2) is 3.05. The quantitative estimate of drug-likeness (QED) is 0.530. The molecular formula is C6H14NO. The van der Waals surface area contributed by atoms with Gasteiger partial charge in [0.05, 0.1) is 0 Å². The molecule has 0 bridgehead atoms. The molecule has 8 heavy (non-hydrogen) atoms. The van der Waals surface area contributed by atoms with Gasteiger partial charge >= 0.3 is 0 Å². The van der Waals surface area contributed by atoms with Crippen molar-refractivity contribution in [2.45, 2.75) is 26.1 Å². The summed E-state index contributed by atoms with van der Waals surface area (Å²) in [6, 6.07) is 0.363. The molecule has 1 radical (unpaired) electrons. The van der Waals surface area contributed by atoms with Crippen LogP contribution in [-0.4, -0.2) is 29.3 Å². The highest BCUT2D eigenvalue weighted by Gasteiger charge is 2.06.